The normalized spacial score (nSPS) is 30.0. The second-order valence-electron chi connectivity index (χ2n) is 7.55. The zero-order valence-corrected chi connectivity index (χ0v) is 15.3. The second kappa shape index (κ2) is 5.86. The van der Waals surface area contributed by atoms with Gasteiger partial charge >= 0.3 is 0 Å². The third-order valence-corrected chi connectivity index (χ3v) is 6.10. The minimum atomic E-state index is -1.31. The molecule has 0 bridgehead atoms. The van der Waals surface area contributed by atoms with Crippen molar-refractivity contribution in [3.63, 3.8) is 0 Å². The third-order valence-electron chi connectivity index (χ3n) is 6.10. The number of hydrogen-bond donors (Lipinski definition) is 3. The number of amides is 3. The van der Waals surface area contributed by atoms with Crippen LogP contribution in [-0.4, -0.2) is 29.0 Å². The number of anilines is 3. The molecule has 9 nitrogen and oxygen atoms in total. The first-order valence-corrected chi connectivity index (χ1v) is 9.19. The summed E-state index contributed by atoms with van der Waals surface area (Å²) in [6, 6.07) is 12.2. The van der Waals surface area contributed by atoms with E-state index in [4.69, 9.17) is 5.21 Å². The van der Waals surface area contributed by atoms with Gasteiger partial charge in [-0.1, -0.05) is 18.2 Å². The molecule has 0 radical (unpaired) electrons. The van der Waals surface area contributed by atoms with E-state index < -0.39 is 35.2 Å². The van der Waals surface area contributed by atoms with Crippen LogP contribution in [0, 0.1) is 17.0 Å². The molecule has 29 heavy (non-hydrogen) atoms. The second-order valence-corrected chi connectivity index (χ2v) is 7.55. The molecule has 3 N–H and O–H groups in total. The zero-order chi connectivity index (χ0) is 20.5. The maximum Gasteiger partial charge on any atom is 0.250 e. The van der Waals surface area contributed by atoms with Gasteiger partial charge in [-0.05, 0) is 37.3 Å². The van der Waals surface area contributed by atoms with Gasteiger partial charge in [-0.15, -0.1) is 0 Å². The predicted molar refractivity (Wildman–Crippen MR) is 103 cm³/mol. The number of rotatable bonds is 2. The molecule has 3 aliphatic heterocycles. The van der Waals surface area contributed by atoms with Gasteiger partial charge < -0.3 is 15.8 Å². The molecule has 0 saturated carbocycles. The monoisotopic (exact) mass is 393 g/mol. The van der Waals surface area contributed by atoms with Crippen molar-refractivity contribution in [2.75, 3.05) is 15.4 Å². The van der Waals surface area contributed by atoms with Crippen LogP contribution >= 0.6 is 0 Å². The molecule has 2 saturated heterocycles. The number of hydrogen-bond acceptors (Lipinski definition) is 7. The smallest absolute Gasteiger partial charge is 0.250 e. The summed E-state index contributed by atoms with van der Waals surface area (Å²) in [6.07, 6.45) is 0. The van der Waals surface area contributed by atoms with E-state index in [0.29, 0.717) is 11.3 Å². The summed E-state index contributed by atoms with van der Waals surface area (Å²) in [5.41, 5.74) is 0.237. The molecule has 0 unspecified atom stereocenters. The molecule has 1 spiro atoms. The van der Waals surface area contributed by atoms with Crippen molar-refractivity contribution in [3.8, 4) is 0 Å². The summed E-state index contributed by atoms with van der Waals surface area (Å²) in [5, 5.41) is 25.7. The predicted octanol–water partition coefficient (Wildman–Crippen LogP) is 1.32. The molecular weight excluding hydrogens is 376 g/mol. The van der Waals surface area contributed by atoms with Crippen LogP contribution in [0.2, 0.25) is 0 Å². The van der Waals surface area contributed by atoms with Crippen LogP contribution in [0.1, 0.15) is 12.5 Å². The van der Waals surface area contributed by atoms with Crippen molar-refractivity contribution in [1.29, 1.82) is 0 Å². The summed E-state index contributed by atoms with van der Waals surface area (Å²) < 4.78 is 0. The van der Waals surface area contributed by atoms with E-state index in [2.05, 4.69) is 10.6 Å². The van der Waals surface area contributed by atoms with E-state index in [1.165, 1.54) is 24.3 Å². The average Bonchev–Trinajstić information content (AvgIpc) is 3.26. The molecule has 9 heteroatoms. The summed E-state index contributed by atoms with van der Waals surface area (Å²) in [5.74, 6) is -2.81. The Hall–Kier alpha value is -3.27. The highest BCUT2D eigenvalue weighted by Gasteiger charge is 2.69. The van der Waals surface area contributed by atoms with Crippen molar-refractivity contribution in [3.05, 3.63) is 59.3 Å². The van der Waals surface area contributed by atoms with Crippen molar-refractivity contribution in [2.45, 2.75) is 18.5 Å². The first-order valence-electron chi connectivity index (χ1n) is 9.19. The van der Waals surface area contributed by atoms with Crippen LogP contribution < -0.4 is 20.8 Å². The Bertz CT molecular complexity index is 1050. The van der Waals surface area contributed by atoms with Crippen LogP contribution in [0.25, 0.3) is 0 Å². The van der Waals surface area contributed by atoms with Gasteiger partial charge in [0, 0.05) is 17.3 Å². The van der Waals surface area contributed by atoms with E-state index in [1.807, 2.05) is 0 Å². The lowest BCUT2D eigenvalue weighted by Crippen LogP contribution is -2.53. The number of nitrogens with zero attached hydrogens (tertiary/aromatic N) is 2. The van der Waals surface area contributed by atoms with E-state index in [0.717, 1.165) is 4.90 Å². The first kappa shape index (κ1) is 17.8. The standard InChI is InChI=1S/C20H17N4O5/c1-10-15-16(20(22-10)13-4-2-3-5-14(13)21-19(20)27)18(26)23(17(15)25)11-6-8-12(9-7-11)24(28)29/h2-10,15-16,22,28H,1H3,(H,21,27)/q-1/t10-,15+,16-,20+/m0/s1. The summed E-state index contributed by atoms with van der Waals surface area (Å²) in [7, 11) is 0. The molecular formula is C20H17N4O5-. The Kier molecular flexibility index (Phi) is 3.60. The fourth-order valence-electron chi connectivity index (χ4n) is 4.90. The highest BCUT2D eigenvalue weighted by Crippen LogP contribution is 2.53. The quantitative estimate of drug-likeness (QED) is 0.519. The number of fused-ring (bicyclic) bond motifs is 4. The largest absolute Gasteiger partial charge is 0.733 e. The Morgan fingerprint density at radius 3 is 2.45 bits per heavy atom. The summed E-state index contributed by atoms with van der Waals surface area (Å²) in [6.45, 7) is 1.79. The first-order chi connectivity index (χ1) is 13.9. The Morgan fingerprint density at radius 2 is 1.76 bits per heavy atom. The van der Waals surface area contributed by atoms with Gasteiger partial charge in [0.25, 0.3) is 0 Å². The Morgan fingerprint density at radius 1 is 1.07 bits per heavy atom. The number of nitrogens with one attached hydrogen (secondary N) is 2. The number of imide groups is 1. The third kappa shape index (κ3) is 2.17. The molecule has 3 heterocycles. The lowest BCUT2D eigenvalue weighted by molar-refractivity contribution is -0.130. The van der Waals surface area contributed by atoms with E-state index in [-0.39, 0.29) is 22.5 Å². The molecule has 2 aromatic rings. The molecule has 2 aromatic carbocycles. The minimum absolute atomic E-state index is 0.0244. The van der Waals surface area contributed by atoms with Gasteiger partial charge in [-0.25, -0.2) is 4.90 Å². The molecule has 2 fully saturated rings. The van der Waals surface area contributed by atoms with Gasteiger partial charge in [0.1, 0.15) is 5.54 Å². The van der Waals surface area contributed by atoms with Crippen molar-refractivity contribution in [1.82, 2.24) is 5.32 Å². The number of carbonyl (C=O) groups is 3. The maximum atomic E-state index is 13.4. The van der Waals surface area contributed by atoms with Crippen LogP contribution in [0.4, 0.5) is 17.1 Å². The SMILES string of the molecule is C[C@@H]1N[C@@]2(C(=O)Nc3ccccc32)[C@@H]2C(=O)N(c3ccc(N([O-])O)cc3)C(=O)[C@H]12. The van der Waals surface area contributed by atoms with Crippen molar-refractivity contribution >= 4 is 34.8 Å². The molecule has 5 rings (SSSR count). The van der Waals surface area contributed by atoms with Crippen molar-refractivity contribution < 1.29 is 19.6 Å². The average molecular weight is 393 g/mol. The zero-order valence-electron chi connectivity index (χ0n) is 15.3. The van der Waals surface area contributed by atoms with E-state index in [1.54, 1.807) is 31.2 Å². The van der Waals surface area contributed by atoms with Gasteiger partial charge in [-0.2, -0.15) is 0 Å². The topological polar surface area (TPSA) is 125 Å². The highest BCUT2D eigenvalue weighted by atomic mass is 16.8. The molecule has 4 atom stereocenters. The van der Waals surface area contributed by atoms with E-state index in [9.17, 15) is 19.6 Å². The Labute approximate surface area is 165 Å². The lowest BCUT2D eigenvalue weighted by atomic mass is 9.76. The number of benzene rings is 2. The molecule has 0 aromatic heterocycles. The van der Waals surface area contributed by atoms with Crippen LogP contribution in [0.15, 0.2) is 48.5 Å². The van der Waals surface area contributed by atoms with Gasteiger partial charge in [0.15, 0.2) is 0 Å². The van der Waals surface area contributed by atoms with Gasteiger partial charge in [-0.3, -0.25) is 24.9 Å². The van der Waals surface area contributed by atoms with Crippen LogP contribution in [0.5, 0.6) is 0 Å². The van der Waals surface area contributed by atoms with Crippen molar-refractivity contribution in [2.24, 2.45) is 11.8 Å². The maximum absolute atomic E-state index is 13.4. The fourth-order valence-corrected chi connectivity index (χ4v) is 4.90. The van der Waals surface area contributed by atoms with Gasteiger partial charge in [0.2, 0.25) is 17.7 Å². The number of carbonyl (C=O) groups excluding carboxylic acids is 3. The van der Waals surface area contributed by atoms with Crippen LogP contribution in [0.3, 0.4) is 0 Å². The molecule has 3 aliphatic rings. The Balaban J connectivity index is 1.60. The summed E-state index contributed by atoms with van der Waals surface area (Å²) in [4.78, 5) is 40.7. The van der Waals surface area contributed by atoms with Crippen LogP contribution in [-0.2, 0) is 19.9 Å². The molecule has 0 aliphatic carbocycles. The lowest BCUT2D eigenvalue weighted by Gasteiger charge is -2.29. The summed E-state index contributed by atoms with van der Waals surface area (Å²) >= 11 is 0. The highest BCUT2D eigenvalue weighted by molar-refractivity contribution is 6.25. The van der Waals surface area contributed by atoms with Gasteiger partial charge in [0.05, 0.1) is 23.2 Å². The molecule has 148 valence electrons. The fraction of sp³-hybridized carbons (Fsp3) is 0.250. The van der Waals surface area contributed by atoms with E-state index >= 15 is 0 Å². The molecule has 3 amide bonds. The number of para-hydroxylation sites is 1. The minimum Gasteiger partial charge on any atom is -0.733 e.